The zero-order valence-electron chi connectivity index (χ0n) is 16.6. The quantitative estimate of drug-likeness (QED) is 0.276. The molecule has 2 aliphatic rings. The maximum atomic E-state index is 10.3. The van der Waals surface area contributed by atoms with Gasteiger partial charge in [-0.05, 0) is 17.7 Å². The number of aromatic hydroxyl groups is 4. The summed E-state index contributed by atoms with van der Waals surface area (Å²) >= 11 is 0. The molecule has 1 saturated heterocycles. The Morgan fingerprint density at radius 1 is 0.875 bits per heavy atom. The molecule has 2 heterocycles. The predicted octanol–water partition coefficient (Wildman–Crippen LogP) is -0.630. The van der Waals surface area contributed by atoms with Crippen LogP contribution in [0.5, 0.6) is 28.7 Å². The van der Waals surface area contributed by atoms with Crippen molar-refractivity contribution >= 4 is 0 Å². The van der Waals surface area contributed by atoms with E-state index in [-0.39, 0.29) is 29.4 Å². The Labute approximate surface area is 181 Å². The van der Waals surface area contributed by atoms with Crippen molar-refractivity contribution in [3.8, 4) is 28.7 Å². The van der Waals surface area contributed by atoms with E-state index in [4.69, 9.17) is 14.2 Å². The number of fused-ring (bicyclic) bond motifs is 1. The zero-order chi connectivity index (χ0) is 23.2. The first-order valence-corrected chi connectivity index (χ1v) is 9.89. The minimum atomic E-state index is -1.66. The molecule has 0 bridgehead atoms. The molecule has 8 N–H and O–H groups in total. The van der Waals surface area contributed by atoms with Gasteiger partial charge in [-0.1, -0.05) is 6.07 Å². The Bertz CT molecular complexity index is 978. The molecule has 2 aromatic carbocycles. The average molecular weight is 452 g/mol. The van der Waals surface area contributed by atoms with Crippen LogP contribution in [0.15, 0.2) is 30.3 Å². The van der Waals surface area contributed by atoms with Gasteiger partial charge in [0.25, 0.3) is 0 Å². The van der Waals surface area contributed by atoms with Gasteiger partial charge >= 0.3 is 0 Å². The molecule has 0 saturated carbocycles. The number of phenols is 4. The van der Waals surface area contributed by atoms with Crippen LogP contribution in [0.25, 0.3) is 0 Å². The van der Waals surface area contributed by atoms with E-state index in [2.05, 4.69) is 0 Å². The zero-order valence-corrected chi connectivity index (χ0v) is 16.6. The molecule has 174 valence electrons. The van der Waals surface area contributed by atoms with Crippen molar-refractivity contribution in [3.63, 3.8) is 0 Å². The third kappa shape index (κ3) is 4.01. The van der Waals surface area contributed by atoms with Gasteiger partial charge in [0.1, 0.15) is 47.8 Å². The van der Waals surface area contributed by atoms with Gasteiger partial charge in [0.15, 0.2) is 23.9 Å². The van der Waals surface area contributed by atoms with Crippen LogP contribution in [-0.4, -0.2) is 84.3 Å². The minimum Gasteiger partial charge on any atom is -0.508 e. The molecule has 1 fully saturated rings. The van der Waals surface area contributed by atoms with Gasteiger partial charge < -0.3 is 55.1 Å². The van der Waals surface area contributed by atoms with Crippen LogP contribution >= 0.6 is 0 Å². The fraction of sp³-hybridized carbons (Fsp3) is 0.429. The van der Waals surface area contributed by atoms with Crippen molar-refractivity contribution < 1.29 is 55.1 Å². The largest absolute Gasteiger partial charge is 0.508 e. The van der Waals surface area contributed by atoms with E-state index in [1.165, 1.54) is 24.3 Å². The van der Waals surface area contributed by atoms with Crippen LogP contribution in [0.4, 0.5) is 0 Å². The topological polar surface area (TPSA) is 190 Å². The van der Waals surface area contributed by atoms with Crippen molar-refractivity contribution in [2.45, 2.75) is 49.3 Å². The highest BCUT2D eigenvalue weighted by Crippen LogP contribution is 2.44. The minimum absolute atomic E-state index is 0.0166. The van der Waals surface area contributed by atoms with Crippen LogP contribution in [-0.2, 0) is 15.9 Å². The number of aliphatic hydroxyl groups excluding tert-OH is 4. The van der Waals surface area contributed by atoms with E-state index in [0.29, 0.717) is 11.1 Å². The summed E-state index contributed by atoms with van der Waals surface area (Å²) in [6.07, 6.45) is -9.41. The second-order valence-electron chi connectivity index (χ2n) is 7.80. The average Bonchev–Trinajstić information content (AvgIpc) is 2.76. The van der Waals surface area contributed by atoms with Gasteiger partial charge in [0, 0.05) is 24.1 Å². The first-order valence-electron chi connectivity index (χ1n) is 9.89. The Morgan fingerprint density at radius 2 is 1.62 bits per heavy atom. The molecule has 0 spiro atoms. The van der Waals surface area contributed by atoms with Crippen LogP contribution in [0.3, 0.4) is 0 Å². The molecule has 11 heteroatoms. The van der Waals surface area contributed by atoms with Crippen LogP contribution in [0.1, 0.15) is 17.2 Å². The van der Waals surface area contributed by atoms with E-state index in [9.17, 15) is 40.9 Å². The van der Waals surface area contributed by atoms with Gasteiger partial charge in [-0.2, -0.15) is 0 Å². The summed E-state index contributed by atoms with van der Waals surface area (Å²) in [7, 11) is 0. The Balaban J connectivity index is 1.68. The number of hydrogen-bond donors (Lipinski definition) is 8. The van der Waals surface area contributed by atoms with E-state index in [1.54, 1.807) is 0 Å². The highest BCUT2D eigenvalue weighted by molar-refractivity contribution is 5.52. The van der Waals surface area contributed by atoms with Crippen molar-refractivity contribution in [2.24, 2.45) is 0 Å². The van der Waals surface area contributed by atoms with E-state index in [1.807, 2.05) is 0 Å². The lowest BCUT2D eigenvalue weighted by atomic mass is 9.93. The molecule has 2 aliphatic heterocycles. The molecule has 2 aromatic rings. The summed E-state index contributed by atoms with van der Waals surface area (Å²) in [6.45, 7) is -0.635. The Morgan fingerprint density at radius 3 is 2.31 bits per heavy atom. The third-order valence-corrected chi connectivity index (χ3v) is 5.65. The highest BCUT2D eigenvalue weighted by Gasteiger charge is 2.46. The summed E-state index contributed by atoms with van der Waals surface area (Å²) in [5, 5.41) is 79.4. The van der Waals surface area contributed by atoms with Gasteiger partial charge in [0.05, 0.1) is 6.61 Å². The summed E-state index contributed by atoms with van der Waals surface area (Å²) in [6, 6.07) is 6.38. The number of phenolic OH excluding ortho intramolecular Hbond substituents is 4. The van der Waals surface area contributed by atoms with E-state index < -0.39 is 55.3 Å². The molecule has 0 radical (unpaired) electrons. The number of aliphatic hydroxyl groups is 4. The normalized spacial score (nSPS) is 32.2. The van der Waals surface area contributed by atoms with Crippen molar-refractivity contribution in [1.29, 1.82) is 0 Å². The summed E-state index contributed by atoms with van der Waals surface area (Å²) in [5.74, 6) is -1.10. The SMILES string of the molecule is OC[C@H]1O[C@@H](O[C@@H]2Cc3c(O)cc(O)cc3O[C@@H]2c2ccc(O)c(O)c2)[C@H](O)[C@@H](O)[C@@H]1O. The van der Waals surface area contributed by atoms with Gasteiger partial charge in [0.2, 0.25) is 0 Å². The second kappa shape index (κ2) is 8.62. The first-order chi connectivity index (χ1) is 15.2. The fourth-order valence-corrected chi connectivity index (χ4v) is 3.92. The monoisotopic (exact) mass is 452 g/mol. The molecule has 7 atom stereocenters. The highest BCUT2D eigenvalue weighted by atomic mass is 16.7. The number of hydrogen-bond acceptors (Lipinski definition) is 11. The molecule has 4 rings (SSSR count). The standard InChI is InChI=1S/C21H24O11/c22-7-16-17(27)18(28)19(29)21(32-16)31-15-6-10-12(25)4-9(23)5-14(10)30-20(15)8-1-2-11(24)13(26)3-8/h1-5,15-29H,6-7H2/t15-,16-,17-,18+,19-,20-,21-/m1/s1. The van der Waals surface area contributed by atoms with Crippen molar-refractivity contribution in [3.05, 3.63) is 41.5 Å². The summed E-state index contributed by atoms with van der Waals surface area (Å²) in [4.78, 5) is 0. The smallest absolute Gasteiger partial charge is 0.187 e. The molecule has 0 aliphatic carbocycles. The molecular weight excluding hydrogens is 428 g/mol. The molecule has 0 amide bonds. The van der Waals surface area contributed by atoms with Crippen molar-refractivity contribution in [2.75, 3.05) is 6.61 Å². The lowest BCUT2D eigenvalue weighted by molar-refractivity contribution is -0.317. The lowest BCUT2D eigenvalue weighted by Crippen LogP contribution is -2.60. The first kappa shape index (κ1) is 22.4. The lowest BCUT2D eigenvalue weighted by Gasteiger charge is -2.43. The van der Waals surface area contributed by atoms with Crippen LogP contribution in [0, 0.1) is 0 Å². The van der Waals surface area contributed by atoms with Gasteiger partial charge in [-0.3, -0.25) is 0 Å². The third-order valence-electron chi connectivity index (χ3n) is 5.65. The predicted molar refractivity (Wildman–Crippen MR) is 105 cm³/mol. The molecular formula is C21H24O11. The summed E-state index contributed by atoms with van der Waals surface area (Å²) in [5.41, 5.74) is 0.667. The number of rotatable bonds is 4. The van der Waals surface area contributed by atoms with Crippen LogP contribution < -0.4 is 4.74 Å². The Hall–Kier alpha value is -2.80. The van der Waals surface area contributed by atoms with Crippen LogP contribution in [0.2, 0.25) is 0 Å². The number of benzene rings is 2. The van der Waals surface area contributed by atoms with Gasteiger partial charge in [-0.15, -0.1) is 0 Å². The maximum Gasteiger partial charge on any atom is 0.187 e. The molecule has 0 unspecified atom stereocenters. The van der Waals surface area contributed by atoms with Crippen molar-refractivity contribution in [1.82, 2.24) is 0 Å². The molecule has 0 aromatic heterocycles. The molecule has 32 heavy (non-hydrogen) atoms. The number of ether oxygens (including phenoxy) is 3. The maximum absolute atomic E-state index is 10.3. The van der Waals surface area contributed by atoms with E-state index >= 15 is 0 Å². The summed E-state index contributed by atoms with van der Waals surface area (Å²) < 4.78 is 17.2. The van der Waals surface area contributed by atoms with Gasteiger partial charge in [-0.25, -0.2) is 0 Å². The second-order valence-corrected chi connectivity index (χ2v) is 7.80. The molecule has 11 nitrogen and oxygen atoms in total. The van der Waals surface area contributed by atoms with E-state index in [0.717, 1.165) is 6.07 Å². The Kier molecular flexibility index (Phi) is 6.03. The fourth-order valence-electron chi connectivity index (χ4n) is 3.92.